The predicted octanol–water partition coefficient (Wildman–Crippen LogP) is 4.37. The van der Waals surface area contributed by atoms with Crippen LogP contribution in [0.1, 0.15) is 11.1 Å². The van der Waals surface area contributed by atoms with Crippen LogP contribution >= 0.6 is 23.2 Å². The van der Waals surface area contributed by atoms with Crippen molar-refractivity contribution in [1.29, 1.82) is 0 Å². The number of amides is 1. The molecular weight excluding hydrogens is 305 g/mol. The summed E-state index contributed by atoms with van der Waals surface area (Å²) in [6, 6.07) is 14.9. The lowest BCUT2D eigenvalue weighted by Crippen LogP contribution is -2.23. The van der Waals surface area contributed by atoms with Gasteiger partial charge in [0, 0.05) is 22.7 Å². The molecule has 2 nitrogen and oxygen atoms in total. The van der Waals surface area contributed by atoms with Gasteiger partial charge >= 0.3 is 0 Å². The highest BCUT2D eigenvalue weighted by molar-refractivity contribution is 6.30. The van der Waals surface area contributed by atoms with E-state index in [4.69, 9.17) is 23.2 Å². The van der Waals surface area contributed by atoms with Gasteiger partial charge in [0.1, 0.15) is 0 Å². The molecule has 1 amide bonds. The molecule has 0 radical (unpaired) electrons. The first-order valence-corrected chi connectivity index (χ1v) is 7.35. The number of hydrogen-bond acceptors (Lipinski definition) is 1. The highest BCUT2D eigenvalue weighted by Crippen LogP contribution is 2.11. The SMILES string of the molecule is O=C(/C=C/c1ccc(Cl)cc1)NCCc1ccc(Cl)cc1. The maximum Gasteiger partial charge on any atom is 0.244 e. The van der Waals surface area contributed by atoms with E-state index < -0.39 is 0 Å². The third kappa shape index (κ3) is 5.62. The van der Waals surface area contributed by atoms with E-state index >= 15 is 0 Å². The third-order valence-electron chi connectivity index (χ3n) is 2.92. The quantitative estimate of drug-likeness (QED) is 0.815. The average Bonchev–Trinajstić information content (AvgIpc) is 2.49. The van der Waals surface area contributed by atoms with E-state index in [-0.39, 0.29) is 5.91 Å². The van der Waals surface area contributed by atoms with E-state index in [1.54, 1.807) is 18.2 Å². The second-order valence-electron chi connectivity index (χ2n) is 4.55. The molecule has 0 aliphatic carbocycles. The fourth-order valence-corrected chi connectivity index (χ4v) is 2.04. The molecule has 0 saturated carbocycles. The molecule has 21 heavy (non-hydrogen) atoms. The Morgan fingerprint density at radius 2 is 1.52 bits per heavy atom. The smallest absolute Gasteiger partial charge is 0.244 e. The Hall–Kier alpha value is -1.77. The second kappa shape index (κ2) is 7.87. The Morgan fingerprint density at radius 3 is 2.14 bits per heavy atom. The third-order valence-corrected chi connectivity index (χ3v) is 3.43. The fourth-order valence-electron chi connectivity index (χ4n) is 1.79. The van der Waals surface area contributed by atoms with Gasteiger partial charge in [-0.2, -0.15) is 0 Å². The van der Waals surface area contributed by atoms with Crippen molar-refractivity contribution in [3.63, 3.8) is 0 Å². The normalized spacial score (nSPS) is 10.8. The average molecular weight is 320 g/mol. The number of rotatable bonds is 5. The monoisotopic (exact) mass is 319 g/mol. The highest BCUT2D eigenvalue weighted by Gasteiger charge is 1.97. The van der Waals surface area contributed by atoms with Gasteiger partial charge in [-0.25, -0.2) is 0 Å². The zero-order valence-electron chi connectivity index (χ0n) is 11.4. The van der Waals surface area contributed by atoms with E-state index in [0.717, 1.165) is 17.5 Å². The number of carbonyl (C=O) groups excluding carboxylic acids is 1. The maximum atomic E-state index is 11.7. The number of nitrogens with one attached hydrogen (secondary N) is 1. The lowest BCUT2D eigenvalue weighted by molar-refractivity contribution is -0.116. The van der Waals surface area contributed by atoms with Crippen molar-refractivity contribution in [2.24, 2.45) is 0 Å². The molecule has 1 N–H and O–H groups in total. The predicted molar refractivity (Wildman–Crippen MR) is 88.7 cm³/mol. The molecule has 2 aromatic carbocycles. The Bertz CT molecular complexity index is 618. The molecular formula is C17H15Cl2NO. The topological polar surface area (TPSA) is 29.1 Å². The molecule has 0 aliphatic heterocycles. The van der Waals surface area contributed by atoms with E-state index in [0.29, 0.717) is 16.6 Å². The summed E-state index contributed by atoms with van der Waals surface area (Å²) in [5.74, 6) is -0.112. The minimum Gasteiger partial charge on any atom is -0.352 e. The van der Waals surface area contributed by atoms with Gasteiger partial charge in [-0.05, 0) is 47.9 Å². The van der Waals surface area contributed by atoms with Gasteiger partial charge in [0.25, 0.3) is 0 Å². The minimum atomic E-state index is -0.112. The van der Waals surface area contributed by atoms with Crippen LogP contribution in [0.3, 0.4) is 0 Å². The molecule has 2 aromatic rings. The number of carbonyl (C=O) groups is 1. The van der Waals surface area contributed by atoms with Gasteiger partial charge in [-0.15, -0.1) is 0 Å². The van der Waals surface area contributed by atoms with Crippen molar-refractivity contribution in [2.75, 3.05) is 6.54 Å². The van der Waals surface area contributed by atoms with Gasteiger partial charge < -0.3 is 5.32 Å². The first-order chi connectivity index (χ1) is 10.1. The highest BCUT2D eigenvalue weighted by atomic mass is 35.5. The van der Waals surface area contributed by atoms with Crippen molar-refractivity contribution in [3.05, 3.63) is 75.8 Å². The van der Waals surface area contributed by atoms with Crippen molar-refractivity contribution < 1.29 is 4.79 Å². The maximum absolute atomic E-state index is 11.7. The Labute approximate surface area is 134 Å². The molecule has 0 spiro atoms. The minimum absolute atomic E-state index is 0.112. The summed E-state index contributed by atoms with van der Waals surface area (Å²) in [4.78, 5) is 11.7. The summed E-state index contributed by atoms with van der Waals surface area (Å²) < 4.78 is 0. The largest absolute Gasteiger partial charge is 0.352 e. The van der Waals surface area contributed by atoms with Crippen LogP contribution < -0.4 is 5.32 Å². The van der Waals surface area contributed by atoms with Crippen LogP contribution in [0.5, 0.6) is 0 Å². The van der Waals surface area contributed by atoms with Gasteiger partial charge in [0.05, 0.1) is 0 Å². The molecule has 2 rings (SSSR count). The fraction of sp³-hybridized carbons (Fsp3) is 0.118. The molecule has 0 atom stereocenters. The number of hydrogen-bond donors (Lipinski definition) is 1. The summed E-state index contributed by atoms with van der Waals surface area (Å²) in [6.45, 7) is 0.589. The van der Waals surface area contributed by atoms with E-state index in [1.807, 2.05) is 36.4 Å². The molecule has 0 aliphatic rings. The van der Waals surface area contributed by atoms with Gasteiger partial charge in [-0.1, -0.05) is 47.5 Å². The molecule has 0 unspecified atom stereocenters. The van der Waals surface area contributed by atoms with Crippen molar-refractivity contribution in [3.8, 4) is 0 Å². The van der Waals surface area contributed by atoms with E-state index in [2.05, 4.69) is 5.32 Å². The Balaban J connectivity index is 1.77. The summed E-state index contributed by atoms with van der Waals surface area (Å²) in [5, 5.41) is 4.24. The molecule has 0 heterocycles. The first kappa shape index (κ1) is 15.6. The van der Waals surface area contributed by atoms with E-state index in [1.165, 1.54) is 6.08 Å². The zero-order chi connectivity index (χ0) is 15.1. The van der Waals surface area contributed by atoms with E-state index in [9.17, 15) is 4.79 Å². The molecule has 108 valence electrons. The van der Waals surface area contributed by atoms with Crippen molar-refractivity contribution in [2.45, 2.75) is 6.42 Å². The van der Waals surface area contributed by atoms with Crippen molar-refractivity contribution in [1.82, 2.24) is 5.32 Å². The summed E-state index contributed by atoms with van der Waals surface area (Å²) in [7, 11) is 0. The van der Waals surface area contributed by atoms with Gasteiger partial charge in [0.2, 0.25) is 5.91 Å². The molecule has 0 bridgehead atoms. The lowest BCUT2D eigenvalue weighted by atomic mass is 10.1. The molecule has 0 fully saturated rings. The van der Waals surface area contributed by atoms with Gasteiger partial charge in [-0.3, -0.25) is 4.79 Å². The number of benzene rings is 2. The van der Waals surface area contributed by atoms with Crippen LogP contribution in [-0.4, -0.2) is 12.5 Å². The Morgan fingerprint density at radius 1 is 0.952 bits per heavy atom. The van der Waals surface area contributed by atoms with Crippen LogP contribution in [0.25, 0.3) is 6.08 Å². The number of halogens is 2. The standard InChI is InChI=1S/C17H15Cl2NO/c18-15-6-1-13(2-7-15)5-10-17(21)20-12-11-14-3-8-16(19)9-4-14/h1-10H,11-12H2,(H,20,21)/b10-5+. The zero-order valence-corrected chi connectivity index (χ0v) is 12.9. The molecule has 0 aromatic heterocycles. The van der Waals surface area contributed by atoms with Crippen molar-refractivity contribution >= 4 is 35.2 Å². The Kier molecular flexibility index (Phi) is 5.85. The lowest BCUT2D eigenvalue weighted by Gasteiger charge is -2.03. The van der Waals surface area contributed by atoms with Crippen LogP contribution in [0, 0.1) is 0 Å². The summed E-state index contributed by atoms with van der Waals surface area (Å²) in [6.07, 6.45) is 4.05. The van der Waals surface area contributed by atoms with Crippen LogP contribution in [0.4, 0.5) is 0 Å². The summed E-state index contributed by atoms with van der Waals surface area (Å²) >= 11 is 11.6. The van der Waals surface area contributed by atoms with Gasteiger partial charge in [0.15, 0.2) is 0 Å². The molecule has 4 heteroatoms. The first-order valence-electron chi connectivity index (χ1n) is 6.59. The second-order valence-corrected chi connectivity index (χ2v) is 5.43. The summed E-state index contributed by atoms with van der Waals surface area (Å²) in [5.41, 5.74) is 2.08. The van der Waals surface area contributed by atoms with Crippen LogP contribution in [0.2, 0.25) is 10.0 Å². The van der Waals surface area contributed by atoms with Crippen LogP contribution in [0.15, 0.2) is 54.6 Å². The van der Waals surface area contributed by atoms with Crippen LogP contribution in [-0.2, 0) is 11.2 Å². The molecule has 0 saturated heterocycles.